The van der Waals surface area contributed by atoms with Crippen LogP contribution in [0.1, 0.15) is 27.9 Å². The van der Waals surface area contributed by atoms with Gasteiger partial charge >= 0.3 is 0 Å². The Morgan fingerprint density at radius 3 is 2.00 bits per heavy atom. The first kappa shape index (κ1) is 14.5. The topological polar surface area (TPSA) is 52.6 Å². The first-order valence-electron chi connectivity index (χ1n) is 5.67. The molecule has 0 amide bonds. The summed E-state index contributed by atoms with van der Waals surface area (Å²) < 4.78 is 9.64. The van der Waals surface area contributed by atoms with Gasteiger partial charge in [0, 0.05) is 19.8 Å². The van der Waals surface area contributed by atoms with Crippen molar-refractivity contribution >= 4 is 11.6 Å². The van der Waals surface area contributed by atoms with Crippen LogP contribution in [0.15, 0.2) is 18.2 Å². The summed E-state index contributed by atoms with van der Waals surface area (Å²) in [5.74, 6) is -0.588. The quantitative estimate of drug-likeness (QED) is 0.440. The van der Waals surface area contributed by atoms with Crippen LogP contribution in [-0.2, 0) is 14.3 Å². The maximum Gasteiger partial charge on any atom is 0.217 e. The standard InChI is InChI=1S/C14H18O4/c1-9-5-10(2)7-11(6-9)12(15)8-13(16)14(17-3)18-4/h5-7,14H,8H2,1-4H3. The number of ketones is 2. The zero-order chi connectivity index (χ0) is 13.7. The van der Waals surface area contributed by atoms with Gasteiger partial charge in [-0.15, -0.1) is 0 Å². The van der Waals surface area contributed by atoms with Crippen LogP contribution in [0.4, 0.5) is 0 Å². The largest absolute Gasteiger partial charge is 0.349 e. The first-order valence-corrected chi connectivity index (χ1v) is 5.67. The van der Waals surface area contributed by atoms with E-state index in [9.17, 15) is 9.59 Å². The smallest absolute Gasteiger partial charge is 0.217 e. The van der Waals surface area contributed by atoms with Gasteiger partial charge in [0.05, 0.1) is 6.42 Å². The molecule has 1 rings (SSSR count). The minimum Gasteiger partial charge on any atom is -0.349 e. The first-order chi connectivity index (χ1) is 8.47. The molecular weight excluding hydrogens is 232 g/mol. The molecule has 1 aromatic rings. The normalized spacial score (nSPS) is 10.7. The van der Waals surface area contributed by atoms with Gasteiger partial charge in [-0.05, 0) is 26.0 Å². The van der Waals surface area contributed by atoms with Gasteiger partial charge < -0.3 is 9.47 Å². The van der Waals surface area contributed by atoms with Crippen LogP contribution in [-0.4, -0.2) is 32.1 Å². The predicted molar refractivity (Wildman–Crippen MR) is 67.7 cm³/mol. The number of carbonyl (C=O) groups is 2. The SMILES string of the molecule is COC(OC)C(=O)CC(=O)c1cc(C)cc(C)c1. The number of hydrogen-bond donors (Lipinski definition) is 0. The molecule has 18 heavy (non-hydrogen) atoms. The molecule has 4 heteroatoms. The van der Waals surface area contributed by atoms with E-state index >= 15 is 0 Å². The molecule has 0 aliphatic carbocycles. The van der Waals surface area contributed by atoms with E-state index < -0.39 is 6.29 Å². The molecule has 0 aliphatic rings. The number of methoxy groups -OCH3 is 2. The summed E-state index contributed by atoms with van der Waals surface area (Å²) in [4.78, 5) is 23.7. The van der Waals surface area contributed by atoms with Crippen molar-refractivity contribution in [3.63, 3.8) is 0 Å². The van der Waals surface area contributed by atoms with E-state index in [-0.39, 0.29) is 18.0 Å². The zero-order valence-electron chi connectivity index (χ0n) is 11.1. The van der Waals surface area contributed by atoms with Crippen molar-refractivity contribution in [3.05, 3.63) is 34.9 Å². The lowest BCUT2D eigenvalue weighted by Gasteiger charge is -2.11. The van der Waals surface area contributed by atoms with E-state index in [1.807, 2.05) is 19.9 Å². The Labute approximate surface area is 107 Å². The fourth-order valence-corrected chi connectivity index (χ4v) is 1.84. The Morgan fingerprint density at radius 1 is 1.06 bits per heavy atom. The molecule has 0 spiro atoms. The van der Waals surface area contributed by atoms with Crippen LogP contribution < -0.4 is 0 Å². The highest BCUT2D eigenvalue weighted by Crippen LogP contribution is 2.12. The third-order valence-corrected chi connectivity index (χ3v) is 2.57. The number of aryl methyl sites for hydroxylation is 2. The van der Waals surface area contributed by atoms with Crippen molar-refractivity contribution in [3.8, 4) is 0 Å². The van der Waals surface area contributed by atoms with Crippen molar-refractivity contribution in [2.24, 2.45) is 0 Å². The van der Waals surface area contributed by atoms with Gasteiger partial charge in [-0.3, -0.25) is 9.59 Å². The lowest BCUT2D eigenvalue weighted by atomic mass is 10.0. The molecule has 0 saturated heterocycles. The Balaban J connectivity index is 2.79. The van der Waals surface area contributed by atoms with E-state index in [0.717, 1.165) is 11.1 Å². The zero-order valence-corrected chi connectivity index (χ0v) is 11.1. The predicted octanol–water partition coefficient (Wildman–Crippen LogP) is 2.06. The maximum atomic E-state index is 12.0. The molecule has 0 saturated carbocycles. The molecule has 0 fully saturated rings. The molecular formula is C14H18O4. The van der Waals surface area contributed by atoms with E-state index in [0.29, 0.717) is 5.56 Å². The Hall–Kier alpha value is -1.52. The molecule has 0 heterocycles. The third kappa shape index (κ3) is 3.75. The van der Waals surface area contributed by atoms with Crippen molar-refractivity contribution in [2.75, 3.05) is 14.2 Å². The highest BCUT2D eigenvalue weighted by Gasteiger charge is 2.21. The second-order valence-electron chi connectivity index (χ2n) is 4.25. The minimum absolute atomic E-state index is 0.213. The lowest BCUT2D eigenvalue weighted by molar-refractivity contribution is -0.155. The monoisotopic (exact) mass is 250 g/mol. The molecule has 4 nitrogen and oxygen atoms in total. The number of benzene rings is 1. The molecule has 0 atom stereocenters. The third-order valence-electron chi connectivity index (χ3n) is 2.57. The highest BCUT2D eigenvalue weighted by atomic mass is 16.7. The Bertz CT molecular complexity index is 427. The van der Waals surface area contributed by atoms with Gasteiger partial charge in [0.15, 0.2) is 11.6 Å². The van der Waals surface area contributed by atoms with Gasteiger partial charge in [0.25, 0.3) is 0 Å². The lowest BCUT2D eigenvalue weighted by Crippen LogP contribution is -2.27. The van der Waals surface area contributed by atoms with Crippen molar-refractivity contribution in [1.82, 2.24) is 0 Å². The summed E-state index contributed by atoms with van der Waals surface area (Å²) in [6, 6.07) is 5.53. The number of carbonyl (C=O) groups excluding carboxylic acids is 2. The fourth-order valence-electron chi connectivity index (χ4n) is 1.84. The molecule has 1 aromatic carbocycles. The molecule has 0 aromatic heterocycles. The summed E-state index contributed by atoms with van der Waals surface area (Å²) in [6.45, 7) is 3.83. The number of rotatable bonds is 6. The van der Waals surface area contributed by atoms with Gasteiger partial charge in [0.1, 0.15) is 0 Å². The van der Waals surface area contributed by atoms with Crippen LogP contribution in [0.3, 0.4) is 0 Å². The summed E-state index contributed by atoms with van der Waals surface area (Å²) in [6.07, 6.45) is -1.19. The van der Waals surface area contributed by atoms with E-state index in [1.165, 1.54) is 14.2 Å². The van der Waals surface area contributed by atoms with Crippen LogP contribution in [0.5, 0.6) is 0 Å². The molecule has 98 valence electrons. The number of ether oxygens (including phenoxy) is 2. The van der Waals surface area contributed by atoms with Gasteiger partial charge in [-0.2, -0.15) is 0 Å². The summed E-state index contributed by atoms with van der Waals surface area (Å²) in [5.41, 5.74) is 2.55. The van der Waals surface area contributed by atoms with E-state index in [1.54, 1.807) is 12.1 Å². The maximum absolute atomic E-state index is 12.0. The summed E-state index contributed by atoms with van der Waals surface area (Å²) >= 11 is 0. The average molecular weight is 250 g/mol. The molecule has 0 N–H and O–H groups in total. The molecule has 0 radical (unpaired) electrons. The molecule has 0 unspecified atom stereocenters. The van der Waals surface area contributed by atoms with E-state index in [4.69, 9.17) is 9.47 Å². The second kappa shape index (κ2) is 6.42. The van der Waals surface area contributed by atoms with Crippen LogP contribution >= 0.6 is 0 Å². The summed E-state index contributed by atoms with van der Waals surface area (Å²) in [5, 5.41) is 0. The summed E-state index contributed by atoms with van der Waals surface area (Å²) in [7, 11) is 2.74. The van der Waals surface area contributed by atoms with Crippen LogP contribution in [0.25, 0.3) is 0 Å². The van der Waals surface area contributed by atoms with Crippen molar-refractivity contribution in [1.29, 1.82) is 0 Å². The number of Topliss-reactive ketones (excluding diaryl/α,β-unsaturated/α-hetero) is 2. The van der Waals surface area contributed by atoms with Crippen LogP contribution in [0, 0.1) is 13.8 Å². The second-order valence-corrected chi connectivity index (χ2v) is 4.25. The Morgan fingerprint density at radius 2 is 1.56 bits per heavy atom. The van der Waals surface area contributed by atoms with Gasteiger partial charge in [-0.25, -0.2) is 0 Å². The Kier molecular flexibility index (Phi) is 5.19. The highest BCUT2D eigenvalue weighted by molar-refractivity contribution is 6.09. The molecule has 0 bridgehead atoms. The minimum atomic E-state index is -0.972. The van der Waals surface area contributed by atoms with Crippen molar-refractivity contribution < 1.29 is 19.1 Å². The fraction of sp³-hybridized carbons (Fsp3) is 0.429. The molecule has 0 aliphatic heterocycles. The average Bonchev–Trinajstić information content (AvgIpc) is 2.29. The number of hydrogen-bond acceptors (Lipinski definition) is 4. The van der Waals surface area contributed by atoms with Gasteiger partial charge in [-0.1, -0.05) is 17.2 Å². The van der Waals surface area contributed by atoms with Crippen molar-refractivity contribution in [2.45, 2.75) is 26.6 Å². The van der Waals surface area contributed by atoms with E-state index in [2.05, 4.69) is 0 Å². The van der Waals surface area contributed by atoms with Crippen LogP contribution in [0.2, 0.25) is 0 Å². The van der Waals surface area contributed by atoms with Gasteiger partial charge in [0.2, 0.25) is 6.29 Å².